The van der Waals surface area contributed by atoms with Crippen LogP contribution >= 0.6 is 27.2 Å². The minimum atomic E-state index is -5.30. The van der Waals surface area contributed by atoms with Gasteiger partial charge < -0.3 is 35.6 Å². The number of fused-ring (bicyclic) bond motifs is 1. The number of aromatic amines is 1. The first-order valence-electron chi connectivity index (χ1n) is 12.1. The van der Waals surface area contributed by atoms with Crippen molar-refractivity contribution in [2.45, 2.75) is 44.4 Å². The van der Waals surface area contributed by atoms with Crippen LogP contribution in [0.4, 0.5) is 5.95 Å². The summed E-state index contributed by atoms with van der Waals surface area (Å²) in [6.45, 7) is 1.09. The van der Waals surface area contributed by atoms with Crippen LogP contribution in [0.3, 0.4) is 0 Å². The molecule has 0 radical (unpaired) electrons. The van der Waals surface area contributed by atoms with E-state index in [4.69, 9.17) is 40.2 Å². The first-order valence-corrected chi connectivity index (χ1v) is 15.7. The Labute approximate surface area is 242 Å². The van der Waals surface area contributed by atoms with Crippen molar-refractivity contribution >= 4 is 56.2 Å². The average molecular weight is 662 g/mol. The lowest BCUT2D eigenvalue weighted by Gasteiger charge is -2.24. The highest BCUT2D eigenvalue weighted by molar-refractivity contribution is 7.63. The molecule has 3 heterocycles. The second kappa shape index (κ2) is 14.3. The fraction of sp³-hybridized carbons (Fsp3) is 0.632. The van der Waals surface area contributed by atoms with E-state index in [9.17, 15) is 38.6 Å². The third-order valence-electron chi connectivity index (χ3n) is 5.47. The van der Waals surface area contributed by atoms with Gasteiger partial charge in [-0.2, -0.15) is 9.29 Å². The molecule has 0 aromatic carbocycles. The molecule has 0 spiro atoms. The molecule has 1 fully saturated rings. The summed E-state index contributed by atoms with van der Waals surface area (Å²) in [4.78, 5) is 55.7. The molecule has 20 nitrogen and oxygen atoms in total. The summed E-state index contributed by atoms with van der Waals surface area (Å²) in [5.41, 5.74) is 4.69. The van der Waals surface area contributed by atoms with Crippen LogP contribution in [0.5, 0.6) is 0 Å². The second-order valence-corrected chi connectivity index (χ2v) is 12.2. The number of anilines is 1. The number of hydrogen-bond donors (Lipinski definition) is 7. The highest BCUT2D eigenvalue weighted by Crippen LogP contribution is 2.61. The van der Waals surface area contributed by atoms with E-state index in [0.717, 1.165) is 10.9 Å². The first kappa shape index (κ1) is 34.0. The fourth-order valence-electron chi connectivity index (χ4n) is 3.60. The smallest absolute Gasteiger partial charge is 0.465 e. The highest BCUT2D eigenvalue weighted by atomic mass is 35.5. The maximum atomic E-state index is 13.3. The van der Waals surface area contributed by atoms with Gasteiger partial charge in [0.05, 0.1) is 26.1 Å². The molecule has 0 saturated carbocycles. The van der Waals surface area contributed by atoms with Crippen LogP contribution in [-0.2, 0) is 41.6 Å². The van der Waals surface area contributed by atoms with Crippen LogP contribution < -0.4 is 21.7 Å². The third-order valence-corrected chi connectivity index (χ3v) is 9.10. The number of aromatic nitrogens is 4. The van der Waals surface area contributed by atoms with E-state index in [-0.39, 0.29) is 36.1 Å². The molecule has 42 heavy (non-hydrogen) atoms. The average Bonchev–Trinajstić information content (AvgIpc) is 3.45. The zero-order valence-electron chi connectivity index (χ0n) is 22.1. The molecule has 0 bridgehead atoms. The number of carbonyl (C=O) groups is 2. The molecule has 8 N–H and O–H groups in total. The standard InChI is InChI=1S/C19H30ClN7O13P2/c1-3-36-18(32)9(2)26-41(33,37-5-4-22-11(28)6-20)40-42(34,35)38-7-10-13(29)14(30)17(39-10)27-8-23-12-15(27)24-19(21)25-16(12)31/h8-10,13-14,17,29-30H,3-7H2,1-2H3,(H,22,28)(H,26,33)(H,34,35)(H3,21,24,25,31)/t9-,10-,13-,14-,17-,41?/m1/s1. The van der Waals surface area contributed by atoms with E-state index in [1.165, 1.54) is 13.8 Å². The minimum absolute atomic E-state index is 0.0195. The van der Waals surface area contributed by atoms with Crippen molar-refractivity contribution in [2.75, 3.05) is 38.0 Å². The normalized spacial score (nSPS) is 24.1. The molecular weight excluding hydrogens is 632 g/mol. The lowest BCUT2D eigenvalue weighted by Crippen LogP contribution is -2.35. The van der Waals surface area contributed by atoms with Crippen molar-refractivity contribution in [3.63, 3.8) is 0 Å². The largest absolute Gasteiger partial charge is 0.480 e. The van der Waals surface area contributed by atoms with Crippen LogP contribution in [0.25, 0.3) is 11.2 Å². The third kappa shape index (κ3) is 8.55. The summed E-state index contributed by atoms with van der Waals surface area (Å²) >= 11 is 5.37. The lowest BCUT2D eigenvalue weighted by atomic mass is 10.1. The SMILES string of the molecule is CCOC(=O)[C@@H](C)NP(=O)(OCCNC(=O)CCl)OP(=O)(O)OC[C@H]1O[C@@H](n2cnc3c(=O)[nH]c(N)nc32)[C@H](O)[C@@H]1O. The number of nitrogens with zero attached hydrogens (tertiary/aromatic N) is 3. The highest BCUT2D eigenvalue weighted by Gasteiger charge is 2.46. The summed E-state index contributed by atoms with van der Waals surface area (Å²) in [5, 5.41) is 25.5. The molecule has 2 unspecified atom stereocenters. The summed E-state index contributed by atoms with van der Waals surface area (Å²) in [6.07, 6.45) is -5.07. The van der Waals surface area contributed by atoms with Gasteiger partial charge >= 0.3 is 21.5 Å². The Kier molecular flexibility index (Phi) is 11.6. The molecule has 3 rings (SSSR count). The second-order valence-electron chi connectivity index (χ2n) is 8.58. The fourth-order valence-corrected chi connectivity index (χ4v) is 6.67. The monoisotopic (exact) mass is 661 g/mol. The number of rotatable bonds is 15. The number of halogens is 1. The number of nitrogens with two attached hydrogens (primary N) is 1. The number of esters is 1. The van der Waals surface area contributed by atoms with Crippen LogP contribution in [0.2, 0.25) is 0 Å². The Bertz CT molecular complexity index is 1420. The van der Waals surface area contributed by atoms with Gasteiger partial charge in [0.1, 0.15) is 30.2 Å². The Morgan fingerprint density at radius 3 is 2.69 bits per heavy atom. The van der Waals surface area contributed by atoms with Crippen LogP contribution in [0.1, 0.15) is 20.1 Å². The molecule has 1 aliphatic heterocycles. The van der Waals surface area contributed by atoms with E-state index in [1.54, 1.807) is 0 Å². The number of H-pyrrole nitrogens is 1. The summed E-state index contributed by atoms with van der Waals surface area (Å²) in [7, 11) is -10.1. The number of nitrogens with one attached hydrogen (secondary N) is 3. The summed E-state index contributed by atoms with van der Waals surface area (Å²) < 4.78 is 52.2. The van der Waals surface area contributed by atoms with Crippen LogP contribution in [-0.4, -0.2) is 103 Å². The van der Waals surface area contributed by atoms with Crippen molar-refractivity contribution in [3.05, 3.63) is 16.7 Å². The predicted octanol–water partition coefficient (Wildman–Crippen LogP) is -1.52. The molecule has 2 aromatic heterocycles. The van der Waals surface area contributed by atoms with Gasteiger partial charge in [-0.05, 0) is 13.8 Å². The number of ether oxygens (including phenoxy) is 2. The van der Waals surface area contributed by atoms with Crippen LogP contribution in [0, 0.1) is 0 Å². The van der Waals surface area contributed by atoms with Gasteiger partial charge in [0.15, 0.2) is 17.4 Å². The van der Waals surface area contributed by atoms with Gasteiger partial charge in [-0.3, -0.25) is 33.0 Å². The van der Waals surface area contributed by atoms with Crippen molar-refractivity contribution < 1.29 is 56.7 Å². The molecule has 236 valence electrons. The van der Waals surface area contributed by atoms with E-state index in [1.807, 2.05) is 0 Å². The summed E-state index contributed by atoms with van der Waals surface area (Å²) in [5.74, 6) is -2.08. The molecular formula is C19H30ClN7O13P2. The number of phosphoric ester groups is 1. The number of hydrogen-bond acceptors (Lipinski definition) is 15. The Morgan fingerprint density at radius 2 is 2.02 bits per heavy atom. The van der Waals surface area contributed by atoms with E-state index in [2.05, 4.69) is 25.4 Å². The number of phosphoric acid groups is 1. The quantitative estimate of drug-likeness (QED) is 0.0493. The Morgan fingerprint density at radius 1 is 1.31 bits per heavy atom. The van der Waals surface area contributed by atoms with Crippen molar-refractivity contribution in [3.8, 4) is 0 Å². The number of nitrogen functional groups attached to an aromatic ring is 1. The Balaban J connectivity index is 1.69. The number of aliphatic hydroxyl groups is 2. The van der Waals surface area contributed by atoms with Gasteiger partial charge in [0.25, 0.3) is 5.56 Å². The zero-order valence-corrected chi connectivity index (χ0v) is 24.7. The number of alkyl halides is 1. The van der Waals surface area contributed by atoms with Crippen molar-refractivity contribution in [1.82, 2.24) is 29.9 Å². The number of amides is 1. The van der Waals surface area contributed by atoms with Gasteiger partial charge in [-0.15, -0.1) is 11.6 Å². The topological polar surface area (TPSA) is 289 Å². The molecule has 1 saturated heterocycles. The first-order chi connectivity index (χ1) is 19.7. The molecule has 1 amide bonds. The molecule has 2 aromatic rings. The van der Waals surface area contributed by atoms with E-state index >= 15 is 0 Å². The molecule has 1 aliphatic rings. The lowest BCUT2D eigenvalue weighted by molar-refractivity contribution is -0.144. The van der Waals surface area contributed by atoms with Gasteiger partial charge in [0.2, 0.25) is 11.9 Å². The van der Waals surface area contributed by atoms with Gasteiger partial charge in [0, 0.05) is 6.54 Å². The van der Waals surface area contributed by atoms with E-state index in [0.29, 0.717) is 0 Å². The van der Waals surface area contributed by atoms with E-state index < -0.39 is 76.8 Å². The summed E-state index contributed by atoms with van der Waals surface area (Å²) in [6, 6.07) is -1.34. The number of imidazole rings is 1. The maximum absolute atomic E-state index is 13.3. The van der Waals surface area contributed by atoms with Crippen molar-refractivity contribution in [2.24, 2.45) is 0 Å². The predicted molar refractivity (Wildman–Crippen MR) is 142 cm³/mol. The van der Waals surface area contributed by atoms with Crippen LogP contribution in [0.15, 0.2) is 11.1 Å². The molecule has 0 aliphatic carbocycles. The van der Waals surface area contributed by atoms with Crippen molar-refractivity contribution in [1.29, 1.82) is 0 Å². The number of aliphatic hydroxyl groups excluding tert-OH is 2. The van der Waals surface area contributed by atoms with Gasteiger partial charge in [-0.25, -0.2) is 19.2 Å². The molecule has 7 atom stereocenters. The zero-order chi connectivity index (χ0) is 31.2. The van der Waals surface area contributed by atoms with Gasteiger partial charge in [-0.1, -0.05) is 0 Å². The maximum Gasteiger partial charge on any atom is 0.480 e. The molecule has 23 heteroatoms. The minimum Gasteiger partial charge on any atom is -0.465 e. The Hall–Kier alpha value is -2.48. The number of carbonyl (C=O) groups excluding carboxylic acids is 2.